The van der Waals surface area contributed by atoms with Crippen molar-refractivity contribution in [2.45, 2.75) is 25.3 Å². The molecule has 7 nitrogen and oxygen atoms in total. The van der Waals surface area contributed by atoms with E-state index >= 15 is 0 Å². The molecule has 1 aliphatic rings. The molecular weight excluding hydrogens is 416 g/mol. The number of sulfonamides is 1. The van der Waals surface area contributed by atoms with Crippen LogP contribution in [0.2, 0.25) is 0 Å². The molecule has 4 rings (SSSR count). The Hall–Kier alpha value is -2.68. The van der Waals surface area contributed by atoms with E-state index in [1.165, 1.54) is 6.07 Å². The van der Waals surface area contributed by atoms with E-state index in [1.807, 2.05) is 38.1 Å². The SMILES string of the molecule is COc1ccc2c(CN3CCN(S(=O)(=O)c4cc(C)ccc4C)CC3)cc(=O)oc2c1. The highest BCUT2D eigenvalue weighted by Crippen LogP contribution is 2.25. The van der Waals surface area contributed by atoms with Crippen molar-refractivity contribution < 1.29 is 17.6 Å². The number of ether oxygens (including phenoxy) is 1. The van der Waals surface area contributed by atoms with E-state index in [0.29, 0.717) is 49.0 Å². The molecule has 31 heavy (non-hydrogen) atoms. The van der Waals surface area contributed by atoms with Crippen LogP contribution in [0, 0.1) is 13.8 Å². The molecule has 1 aromatic heterocycles. The van der Waals surface area contributed by atoms with E-state index < -0.39 is 15.6 Å². The number of fused-ring (bicyclic) bond motifs is 1. The number of aryl methyl sites for hydroxylation is 2. The first-order valence-corrected chi connectivity index (χ1v) is 11.6. The molecule has 164 valence electrons. The number of hydrogen-bond donors (Lipinski definition) is 0. The van der Waals surface area contributed by atoms with Crippen LogP contribution in [-0.2, 0) is 16.6 Å². The Kier molecular flexibility index (Phi) is 5.88. The van der Waals surface area contributed by atoms with Crippen LogP contribution in [0.1, 0.15) is 16.7 Å². The van der Waals surface area contributed by atoms with Crippen LogP contribution in [-0.4, -0.2) is 50.9 Å². The molecule has 0 spiro atoms. The van der Waals surface area contributed by atoms with Gasteiger partial charge in [0.2, 0.25) is 10.0 Å². The number of benzene rings is 2. The standard InChI is InChI=1S/C23H26N2O5S/c1-16-4-5-17(2)22(12-16)31(27,28)25-10-8-24(9-11-25)15-18-13-23(26)30-21-14-19(29-3)6-7-20(18)21/h4-7,12-14H,8-11,15H2,1-3H3. The Labute approximate surface area is 181 Å². The summed E-state index contributed by atoms with van der Waals surface area (Å²) >= 11 is 0. The number of nitrogens with zero attached hydrogens (tertiary/aromatic N) is 2. The Morgan fingerprint density at radius 1 is 1.00 bits per heavy atom. The van der Waals surface area contributed by atoms with Gasteiger partial charge in [0.1, 0.15) is 11.3 Å². The quantitative estimate of drug-likeness (QED) is 0.566. The number of piperazine rings is 1. The highest BCUT2D eigenvalue weighted by Gasteiger charge is 2.29. The topological polar surface area (TPSA) is 80.1 Å². The van der Waals surface area contributed by atoms with E-state index in [0.717, 1.165) is 22.1 Å². The van der Waals surface area contributed by atoms with E-state index in [9.17, 15) is 13.2 Å². The molecule has 1 saturated heterocycles. The first kappa shape index (κ1) is 21.5. The van der Waals surface area contributed by atoms with Crippen molar-refractivity contribution in [3.8, 4) is 5.75 Å². The van der Waals surface area contributed by atoms with Crippen LogP contribution in [0.3, 0.4) is 0 Å². The molecule has 8 heteroatoms. The molecule has 0 radical (unpaired) electrons. The lowest BCUT2D eigenvalue weighted by Crippen LogP contribution is -2.48. The van der Waals surface area contributed by atoms with Crippen molar-refractivity contribution in [1.82, 2.24) is 9.21 Å². The largest absolute Gasteiger partial charge is 0.497 e. The summed E-state index contributed by atoms with van der Waals surface area (Å²) in [6.07, 6.45) is 0. The smallest absolute Gasteiger partial charge is 0.336 e. The van der Waals surface area contributed by atoms with Crippen LogP contribution < -0.4 is 10.4 Å². The van der Waals surface area contributed by atoms with Gasteiger partial charge in [-0.3, -0.25) is 4.90 Å². The second-order valence-corrected chi connectivity index (χ2v) is 9.81. The normalized spacial score (nSPS) is 16.0. The van der Waals surface area contributed by atoms with Gasteiger partial charge in [-0.2, -0.15) is 4.31 Å². The number of rotatable bonds is 5. The molecule has 1 aliphatic heterocycles. The van der Waals surface area contributed by atoms with Crippen molar-refractivity contribution in [3.63, 3.8) is 0 Å². The molecule has 0 unspecified atom stereocenters. The fourth-order valence-corrected chi connectivity index (χ4v) is 5.69. The van der Waals surface area contributed by atoms with Crippen LogP contribution in [0.25, 0.3) is 11.0 Å². The zero-order valence-corrected chi connectivity index (χ0v) is 18.7. The lowest BCUT2D eigenvalue weighted by Gasteiger charge is -2.34. The van der Waals surface area contributed by atoms with E-state index in [2.05, 4.69) is 4.90 Å². The summed E-state index contributed by atoms with van der Waals surface area (Å²) in [5, 5.41) is 0.853. The van der Waals surface area contributed by atoms with Gasteiger partial charge in [-0.1, -0.05) is 12.1 Å². The van der Waals surface area contributed by atoms with Gasteiger partial charge in [0.25, 0.3) is 0 Å². The van der Waals surface area contributed by atoms with Crippen LogP contribution >= 0.6 is 0 Å². The third-order valence-electron chi connectivity index (χ3n) is 5.72. The molecule has 2 heterocycles. The van der Waals surface area contributed by atoms with Gasteiger partial charge in [0, 0.05) is 50.2 Å². The van der Waals surface area contributed by atoms with Gasteiger partial charge in [-0.15, -0.1) is 0 Å². The van der Waals surface area contributed by atoms with Crippen LogP contribution in [0.15, 0.2) is 56.6 Å². The zero-order valence-electron chi connectivity index (χ0n) is 17.9. The fraction of sp³-hybridized carbons (Fsp3) is 0.348. The summed E-state index contributed by atoms with van der Waals surface area (Å²) in [6.45, 7) is 6.25. The third kappa shape index (κ3) is 4.37. The minimum atomic E-state index is -3.53. The van der Waals surface area contributed by atoms with Crippen molar-refractivity contribution in [2.75, 3.05) is 33.3 Å². The van der Waals surface area contributed by atoms with Gasteiger partial charge in [-0.25, -0.2) is 13.2 Å². The lowest BCUT2D eigenvalue weighted by molar-refractivity contribution is 0.182. The molecule has 0 bridgehead atoms. The minimum absolute atomic E-state index is 0.376. The summed E-state index contributed by atoms with van der Waals surface area (Å²) in [4.78, 5) is 14.6. The molecule has 1 fully saturated rings. The average Bonchev–Trinajstić information content (AvgIpc) is 2.75. The summed E-state index contributed by atoms with van der Waals surface area (Å²) in [6, 6.07) is 12.4. The van der Waals surface area contributed by atoms with E-state index in [4.69, 9.17) is 9.15 Å². The second kappa shape index (κ2) is 8.45. The maximum absolute atomic E-state index is 13.1. The van der Waals surface area contributed by atoms with Crippen LogP contribution in [0.5, 0.6) is 5.75 Å². The summed E-state index contributed by atoms with van der Waals surface area (Å²) in [5.74, 6) is 0.623. The predicted octanol–water partition coefficient (Wildman–Crippen LogP) is 2.92. The van der Waals surface area contributed by atoms with Gasteiger partial charge < -0.3 is 9.15 Å². The first-order valence-electron chi connectivity index (χ1n) is 10.2. The highest BCUT2D eigenvalue weighted by molar-refractivity contribution is 7.89. The number of hydrogen-bond acceptors (Lipinski definition) is 6. The third-order valence-corrected chi connectivity index (χ3v) is 7.76. The Morgan fingerprint density at radius 2 is 1.74 bits per heavy atom. The van der Waals surface area contributed by atoms with Crippen molar-refractivity contribution in [3.05, 3.63) is 69.6 Å². The summed E-state index contributed by atoms with van der Waals surface area (Å²) < 4.78 is 38.4. The number of methoxy groups -OCH3 is 1. The summed E-state index contributed by atoms with van der Waals surface area (Å²) in [5.41, 5.74) is 2.62. The van der Waals surface area contributed by atoms with Gasteiger partial charge in [0.15, 0.2) is 0 Å². The predicted molar refractivity (Wildman–Crippen MR) is 119 cm³/mol. The highest BCUT2D eigenvalue weighted by atomic mass is 32.2. The fourth-order valence-electron chi connectivity index (χ4n) is 3.96. The van der Waals surface area contributed by atoms with E-state index in [1.54, 1.807) is 23.5 Å². The van der Waals surface area contributed by atoms with Gasteiger partial charge in [-0.05, 0) is 48.7 Å². The maximum Gasteiger partial charge on any atom is 0.336 e. The summed E-state index contributed by atoms with van der Waals surface area (Å²) in [7, 11) is -1.97. The molecule has 0 saturated carbocycles. The minimum Gasteiger partial charge on any atom is -0.497 e. The molecule has 3 aromatic rings. The molecule has 0 atom stereocenters. The van der Waals surface area contributed by atoms with Crippen molar-refractivity contribution >= 4 is 21.0 Å². The Bertz CT molecular complexity index is 1270. The van der Waals surface area contributed by atoms with Crippen molar-refractivity contribution in [1.29, 1.82) is 0 Å². The molecular formula is C23H26N2O5S. The van der Waals surface area contributed by atoms with Gasteiger partial charge in [0.05, 0.1) is 12.0 Å². The van der Waals surface area contributed by atoms with E-state index in [-0.39, 0.29) is 0 Å². The molecule has 0 aliphatic carbocycles. The molecule has 2 aromatic carbocycles. The Balaban J connectivity index is 1.51. The van der Waals surface area contributed by atoms with Gasteiger partial charge >= 0.3 is 5.63 Å². The maximum atomic E-state index is 13.1. The second-order valence-electron chi connectivity index (χ2n) is 7.90. The van der Waals surface area contributed by atoms with Crippen LogP contribution in [0.4, 0.5) is 0 Å². The monoisotopic (exact) mass is 442 g/mol. The lowest BCUT2D eigenvalue weighted by atomic mass is 10.1. The zero-order chi connectivity index (χ0) is 22.2. The average molecular weight is 443 g/mol. The first-order chi connectivity index (χ1) is 14.8. The molecule has 0 N–H and O–H groups in total. The Morgan fingerprint density at radius 3 is 2.45 bits per heavy atom. The molecule has 0 amide bonds. The van der Waals surface area contributed by atoms with Crippen molar-refractivity contribution in [2.24, 2.45) is 0 Å².